The van der Waals surface area contributed by atoms with Gasteiger partial charge in [-0.05, 0) is 36.2 Å². The Morgan fingerprint density at radius 2 is 1.62 bits per heavy atom. The van der Waals surface area contributed by atoms with Crippen LogP contribution in [0.4, 0.5) is 5.69 Å². The monoisotopic (exact) mass is 303 g/mol. The van der Waals surface area contributed by atoms with Gasteiger partial charge in [0.05, 0.1) is 5.75 Å². The van der Waals surface area contributed by atoms with E-state index in [4.69, 9.17) is 0 Å². The third kappa shape index (κ3) is 5.04. The summed E-state index contributed by atoms with van der Waals surface area (Å²) in [4.78, 5) is 12.0. The third-order valence-electron chi connectivity index (χ3n) is 3.01. The van der Waals surface area contributed by atoms with Crippen LogP contribution in [0.15, 0.2) is 54.6 Å². The minimum absolute atomic E-state index is 0.128. The Morgan fingerprint density at radius 1 is 1.00 bits per heavy atom. The Bertz CT molecular complexity index is 707. The highest BCUT2D eigenvalue weighted by atomic mass is 32.2. The number of carbonyl (C=O) groups is 1. The predicted octanol–water partition coefficient (Wildman–Crippen LogP) is 2.53. The summed E-state index contributed by atoms with van der Waals surface area (Å²) < 4.78 is 22.2. The number of rotatable bonds is 5. The highest BCUT2D eigenvalue weighted by Crippen LogP contribution is 2.12. The van der Waals surface area contributed by atoms with Crippen molar-refractivity contribution in [1.82, 2.24) is 0 Å². The van der Waals surface area contributed by atoms with Crippen molar-refractivity contribution in [3.05, 3.63) is 65.7 Å². The number of sulfone groups is 1. The Labute approximate surface area is 124 Å². The maximum Gasteiger partial charge on any atom is 0.255 e. The molecule has 0 aliphatic carbocycles. The van der Waals surface area contributed by atoms with Crippen molar-refractivity contribution in [2.24, 2.45) is 0 Å². The van der Waals surface area contributed by atoms with E-state index in [0.717, 1.165) is 5.56 Å². The van der Waals surface area contributed by atoms with Crippen LogP contribution < -0.4 is 5.32 Å². The van der Waals surface area contributed by atoms with Gasteiger partial charge in [0.1, 0.15) is 9.84 Å². The minimum Gasteiger partial charge on any atom is -0.322 e. The fraction of sp³-hybridized carbons (Fsp3) is 0.188. The first-order chi connectivity index (χ1) is 9.94. The van der Waals surface area contributed by atoms with Gasteiger partial charge in [-0.1, -0.05) is 30.3 Å². The van der Waals surface area contributed by atoms with E-state index >= 15 is 0 Å². The van der Waals surface area contributed by atoms with E-state index < -0.39 is 9.84 Å². The molecule has 1 N–H and O–H groups in total. The largest absolute Gasteiger partial charge is 0.322 e. The quantitative estimate of drug-likeness (QED) is 0.923. The number of hydrogen-bond donors (Lipinski definition) is 1. The highest BCUT2D eigenvalue weighted by molar-refractivity contribution is 7.90. The fourth-order valence-corrected chi connectivity index (χ4v) is 2.46. The molecule has 0 atom stereocenters. The molecule has 5 heteroatoms. The minimum atomic E-state index is -2.96. The van der Waals surface area contributed by atoms with E-state index in [1.54, 1.807) is 24.3 Å². The number of aryl methyl sites for hydroxylation is 1. The normalized spacial score (nSPS) is 11.1. The number of anilines is 1. The summed E-state index contributed by atoms with van der Waals surface area (Å²) in [5.74, 6) is -0.0394. The van der Waals surface area contributed by atoms with Crippen LogP contribution in [-0.2, 0) is 16.3 Å². The predicted molar refractivity (Wildman–Crippen MR) is 84.3 cm³/mol. The molecule has 1 amide bonds. The molecule has 0 bridgehead atoms. The number of carbonyl (C=O) groups excluding carboxylic acids is 1. The molecule has 0 radical (unpaired) electrons. The average Bonchev–Trinajstić information content (AvgIpc) is 2.46. The van der Waals surface area contributed by atoms with Crippen molar-refractivity contribution in [3.8, 4) is 0 Å². The van der Waals surface area contributed by atoms with Gasteiger partial charge in [-0.15, -0.1) is 0 Å². The fourth-order valence-electron chi connectivity index (χ4n) is 1.85. The Kier molecular flexibility index (Phi) is 4.75. The van der Waals surface area contributed by atoms with Gasteiger partial charge < -0.3 is 5.32 Å². The Hall–Kier alpha value is -2.14. The van der Waals surface area contributed by atoms with E-state index in [1.807, 2.05) is 30.3 Å². The van der Waals surface area contributed by atoms with E-state index in [9.17, 15) is 13.2 Å². The summed E-state index contributed by atoms with van der Waals surface area (Å²) in [6, 6.07) is 16.2. The van der Waals surface area contributed by atoms with E-state index in [0.29, 0.717) is 17.7 Å². The van der Waals surface area contributed by atoms with Gasteiger partial charge >= 0.3 is 0 Å². The zero-order chi connectivity index (χ0) is 15.3. The van der Waals surface area contributed by atoms with Gasteiger partial charge in [0.15, 0.2) is 0 Å². The molecule has 4 nitrogen and oxygen atoms in total. The lowest BCUT2D eigenvalue weighted by Crippen LogP contribution is -2.11. The number of amides is 1. The highest BCUT2D eigenvalue weighted by Gasteiger charge is 2.06. The van der Waals surface area contributed by atoms with Crippen molar-refractivity contribution < 1.29 is 13.2 Å². The van der Waals surface area contributed by atoms with Gasteiger partial charge in [-0.2, -0.15) is 0 Å². The molecule has 0 fully saturated rings. The molecule has 21 heavy (non-hydrogen) atoms. The molecular weight excluding hydrogens is 286 g/mol. The molecule has 0 saturated heterocycles. The lowest BCUT2D eigenvalue weighted by molar-refractivity contribution is 0.102. The zero-order valence-corrected chi connectivity index (χ0v) is 12.6. The van der Waals surface area contributed by atoms with Crippen LogP contribution in [0.5, 0.6) is 0 Å². The number of nitrogens with one attached hydrogen (secondary N) is 1. The molecular formula is C16H17NO3S. The lowest BCUT2D eigenvalue weighted by atomic mass is 10.1. The van der Waals surface area contributed by atoms with Crippen LogP contribution in [0.3, 0.4) is 0 Å². The molecule has 0 aliphatic rings. The third-order valence-corrected chi connectivity index (χ3v) is 3.96. The van der Waals surface area contributed by atoms with Crippen molar-refractivity contribution in [3.63, 3.8) is 0 Å². The summed E-state index contributed by atoms with van der Waals surface area (Å²) in [7, 11) is -2.96. The summed E-state index contributed by atoms with van der Waals surface area (Å²) in [6.45, 7) is 0. The Morgan fingerprint density at radius 3 is 2.19 bits per heavy atom. The molecule has 0 spiro atoms. The summed E-state index contributed by atoms with van der Waals surface area (Å²) in [5, 5.41) is 2.80. The SMILES string of the molecule is CS(=O)(=O)CCc1ccc(NC(=O)c2ccccc2)cc1. The van der Waals surface area contributed by atoms with E-state index in [2.05, 4.69) is 5.32 Å². The molecule has 0 saturated carbocycles. The maximum absolute atomic E-state index is 12.0. The lowest BCUT2D eigenvalue weighted by Gasteiger charge is -2.06. The summed E-state index contributed by atoms with van der Waals surface area (Å²) in [5.41, 5.74) is 2.21. The molecule has 0 aliphatic heterocycles. The van der Waals surface area contributed by atoms with Crippen LogP contribution >= 0.6 is 0 Å². The van der Waals surface area contributed by atoms with Crippen LogP contribution in [0.2, 0.25) is 0 Å². The van der Waals surface area contributed by atoms with Crippen LogP contribution in [0, 0.1) is 0 Å². The summed E-state index contributed by atoms with van der Waals surface area (Å²) >= 11 is 0. The molecule has 0 unspecified atom stereocenters. The Balaban J connectivity index is 1.98. The van der Waals surface area contributed by atoms with Gasteiger partial charge in [0.25, 0.3) is 5.91 Å². The molecule has 2 rings (SSSR count). The first-order valence-corrected chi connectivity index (χ1v) is 8.63. The molecule has 0 aromatic heterocycles. The molecule has 2 aromatic rings. The number of benzene rings is 2. The van der Waals surface area contributed by atoms with Crippen molar-refractivity contribution in [1.29, 1.82) is 0 Å². The second kappa shape index (κ2) is 6.54. The molecule has 2 aromatic carbocycles. The molecule has 0 heterocycles. The standard InChI is InChI=1S/C16H17NO3S/c1-21(19,20)12-11-13-7-9-15(10-8-13)17-16(18)14-5-3-2-4-6-14/h2-10H,11-12H2,1H3,(H,17,18). The first kappa shape index (κ1) is 15.3. The van der Waals surface area contributed by atoms with E-state index in [1.165, 1.54) is 6.26 Å². The van der Waals surface area contributed by atoms with Crippen molar-refractivity contribution in [2.75, 3.05) is 17.3 Å². The van der Waals surface area contributed by atoms with E-state index in [-0.39, 0.29) is 11.7 Å². The van der Waals surface area contributed by atoms with Crippen molar-refractivity contribution in [2.45, 2.75) is 6.42 Å². The first-order valence-electron chi connectivity index (χ1n) is 6.57. The van der Waals surface area contributed by atoms with Crippen LogP contribution in [-0.4, -0.2) is 26.3 Å². The van der Waals surface area contributed by atoms with Gasteiger partial charge in [-0.3, -0.25) is 4.79 Å². The summed E-state index contributed by atoms with van der Waals surface area (Å²) in [6.07, 6.45) is 1.70. The second-order valence-electron chi connectivity index (χ2n) is 4.90. The maximum atomic E-state index is 12.0. The molecule has 110 valence electrons. The van der Waals surface area contributed by atoms with Gasteiger partial charge in [0.2, 0.25) is 0 Å². The zero-order valence-electron chi connectivity index (χ0n) is 11.7. The van der Waals surface area contributed by atoms with Crippen LogP contribution in [0.25, 0.3) is 0 Å². The van der Waals surface area contributed by atoms with Crippen molar-refractivity contribution >= 4 is 21.4 Å². The number of hydrogen-bond acceptors (Lipinski definition) is 3. The van der Waals surface area contributed by atoms with Gasteiger partial charge in [0, 0.05) is 17.5 Å². The second-order valence-corrected chi connectivity index (χ2v) is 7.16. The van der Waals surface area contributed by atoms with Crippen LogP contribution in [0.1, 0.15) is 15.9 Å². The smallest absolute Gasteiger partial charge is 0.255 e. The van der Waals surface area contributed by atoms with Gasteiger partial charge in [-0.25, -0.2) is 8.42 Å². The average molecular weight is 303 g/mol. The topological polar surface area (TPSA) is 63.2 Å².